The van der Waals surface area contributed by atoms with Gasteiger partial charge in [0, 0.05) is 23.8 Å². The van der Waals surface area contributed by atoms with Crippen molar-refractivity contribution >= 4 is 38.6 Å². The van der Waals surface area contributed by atoms with Crippen LogP contribution >= 0.6 is 23.8 Å². The van der Waals surface area contributed by atoms with E-state index in [-0.39, 0.29) is 17.5 Å². The number of sulfone groups is 1. The summed E-state index contributed by atoms with van der Waals surface area (Å²) in [6.07, 6.45) is 1.21. The van der Waals surface area contributed by atoms with Crippen LogP contribution in [0.4, 0.5) is 0 Å². The van der Waals surface area contributed by atoms with E-state index in [4.69, 9.17) is 34.3 Å². The standard InChI is InChI=1S/C14H18ClNO3S2/c1-3-19-8-14(13(16)20)11(12(14)21(2,17)18)9-4-6-10(15)7-5-9/h4-7,11-12H,3,8H2,1-2H3,(H2,16,20)/t11-,12+,14-/m0/s1. The number of rotatable bonds is 6. The molecule has 1 saturated carbocycles. The van der Waals surface area contributed by atoms with Gasteiger partial charge in [-0.1, -0.05) is 36.0 Å². The predicted octanol–water partition coefficient (Wildman–Crippen LogP) is 2.16. The highest BCUT2D eigenvalue weighted by atomic mass is 35.5. The molecule has 1 aromatic carbocycles. The summed E-state index contributed by atoms with van der Waals surface area (Å²) in [5.41, 5.74) is 5.92. The summed E-state index contributed by atoms with van der Waals surface area (Å²) in [7, 11) is -3.30. The smallest absolute Gasteiger partial charge is 0.152 e. The third-order valence-electron chi connectivity index (χ3n) is 3.95. The molecule has 0 heterocycles. The Kier molecular flexibility index (Phi) is 4.63. The lowest BCUT2D eigenvalue weighted by molar-refractivity contribution is 0.121. The zero-order chi connectivity index (χ0) is 15.8. The first kappa shape index (κ1) is 16.7. The van der Waals surface area contributed by atoms with E-state index in [1.807, 2.05) is 19.1 Å². The van der Waals surface area contributed by atoms with Crippen LogP contribution in [-0.2, 0) is 14.6 Å². The average Bonchev–Trinajstić information content (AvgIpc) is 3.08. The fourth-order valence-corrected chi connectivity index (χ4v) is 5.42. The first-order valence-corrected chi connectivity index (χ1v) is 9.31. The fourth-order valence-electron chi connectivity index (χ4n) is 2.98. The minimum absolute atomic E-state index is 0.186. The van der Waals surface area contributed by atoms with Crippen LogP contribution in [0, 0.1) is 5.41 Å². The highest BCUT2D eigenvalue weighted by molar-refractivity contribution is 7.92. The highest BCUT2D eigenvalue weighted by Gasteiger charge is 2.71. The number of ether oxygens (including phenoxy) is 1. The van der Waals surface area contributed by atoms with E-state index in [1.165, 1.54) is 6.26 Å². The van der Waals surface area contributed by atoms with E-state index in [2.05, 4.69) is 0 Å². The van der Waals surface area contributed by atoms with Crippen molar-refractivity contribution in [2.75, 3.05) is 19.5 Å². The van der Waals surface area contributed by atoms with Gasteiger partial charge < -0.3 is 10.5 Å². The molecule has 2 rings (SSSR count). The molecule has 3 atom stereocenters. The van der Waals surface area contributed by atoms with Gasteiger partial charge in [-0.25, -0.2) is 8.42 Å². The van der Waals surface area contributed by atoms with Crippen molar-refractivity contribution in [2.45, 2.75) is 18.1 Å². The minimum Gasteiger partial charge on any atom is -0.393 e. The number of hydrogen-bond acceptors (Lipinski definition) is 4. The molecule has 0 aliphatic heterocycles. The molecular weight excluding hydrogens is 330 g/mol. The highest BCUT2D eigenvalue weighted by Crippen LogP contribution is 2.63. The number of nitrogens with two attached hydrogens (primary N) is 1. The van der Waals surface area contributed by atoms with Crippen molar-refractivity contribution in [3.63, 3.8) is 0 Å². The normalized spacial score (nSPS) is 28.3. The molecule has 116 valence electrons. The van der Waals surface area contributed by atoms with Crippen LogP contribution in [0.3, 0.4) is 0 Å². The second-order valence-electron chi connectivity index (χ2n) is 5.32. The summed E-state index contributed by atoms with van der Waals surface area (Å²) >= 11 is 11.1. The van der Waals surface area contributed by atoms with E-state index in [0.717, 1.165) is 5.56 Å². The minimum atomic E-state index is -3.30. The zero-order valence-corrected chi connectivity index (χ0v) is 14.3. The summed E-state index contributed by atoms with van der Waals surface area (Å²) < 4.78 is 29.7. The van der Waals surface area contributed by atoms with Gasteiger partial charge >= 0.3 is 0 Å². The lowest BCUT2D eigenvalue weighted by atomic mass is 10.00. The second-order valence-corrected chi connectivity index (χ2v) is 8.36. The van der Waals surface area contributed by atoms with E-state index in [0.29, 0.717) is 11.6 Å². The molecule has 0 spiro atoms. The lowest BCUT2D eigenvalue weighted by Gasteiger charge is -2.16. The van der Waals surface area contributed by atoms with Crippen molar-refractivity contribution in [3.05, 3.63) is 34.9 Å². The van der Waals surface area contributed by atoms with Crippen molar-refractivity contribution in [1.82, 2.24) is 0 Å². The Labute approximate surface area is 135 Å². The molecule has 0 unspecified atom stereocenters. The van der Waals surface area contributed by atoms with Gasteiger partial charge in [0.15, 0.2) is 9.84 Å². The summed E-state index contributed by atoms with van der Waals surface area (Å²) in [6, 6.07) is 7.10. The SMILES string of the molecule is CCOC[C@@]1(C(N)=S)[C@H](S(C)(=O)=O)[C@@H]1c1ccc(Cl)cc1. The molecule has 21 heavy (non-hydrogen) atoms. The second kappa shape index (κ2) is 5.83. The summed E-state index contributed by atoms with van der Waals surface area (Å²) in [5.74, 6) is -0.284. The number of benzene rings is 1. The first-order valence-electron chi connectivity index (χ1n) is 6.57. The summed E-state index contributed by atoms with van der Waals surface area (Å²) in [5, 5.41) is -0.0451. The molecule has 0 amide bonds. The molecule has 4 nitrogen and oxygen atoms in total. The molecule has 0 radical (unpaired) electrons. The van der Waals surface area contributed by atoms with Gasteiger partial charge in [0.25, 0.3) is 0 Å². The van der Waals surface area contributed by atoms with Gasteiger partial charge in [0.05, 0.1) is 22.3 Å². The van der Waals surface area contributed by atoms with Gasteiger partial charge in [0.1, 0.15) is 0 Å². The van der Waals surface area contributed by atoms with Gasteiger partial charge in [-0.3, -0.25) is 0 Å². The van der Waals surface area contributed by atoms with Crippen molar-refractivity contribution < 1.29 is 13.2 Å². The summed E-state index contributed by atoms with van der Waals surface area (Å²) in [6.45, 7) is 2.54. The quantitative estimate of drug-likeness (QED) is 0.798. The molecule has 0 aromatic heterocycles. The third-order valence-corrected chi connectivity index (χ3v) is 6.20. The average molecular weight is 348 g/mol. The Morgan fingerprint density at radius 1 is 1.43 bits per heavy atom. The van der Waals surface area contributed by atoms with Crippen molar-refractivity contribution in [1.29, 1.82) is 0 Å². The number of thiocarbonyl (C=S) groups is 1. The molecule has 0 saturated heterocycles. The number of halogens is 1. The third kappa shape index (κ3) is 2.95. The van der Waals surface area contributed by atoms with Crippen LogP contribution in [0.5, 0.6) is 0 Å². The molecule has 0 bridgehead atoms. The Balaban J connectivity index is 2.46. The predicted molar refractivity (Wildman–Crippen MR) is 88.5 cm³/mol. The van der Waals surface area contributed by atoms with E-state index in [9.17, 15) is 8.42 Å². The van der Waals surface area contributed by atoms with Crippen LogP contribution in [0.15, 0.2) is 24.3 Å². The van der Waals surface area contributed by atoms with Crippen LogP contribution in [0.25, 0.3) is 0 Å². The Hall–Kier alpha value is -0.690. The fraction of sp³-hybridized carbons (Fsp3) is 0.500. The van der Waals surface area contributed by atoms with E-state index >= 15 is 0 Å². The Morgan fingerprint density at radius 2 is 2.00 bits per heavy atom. The molecule has 1 aliphatic carbocycles. The maximum Gasteiger partial charge on any atom is 0.152 e. The molecule has 7 heteroatoms. The van der Waals surface area contributed by atoms with Crippen LogP contribution in [0.2, 0.25) is 5.02 Å². The Bertz CT molecular complexity index is 645. The maximum absolute atomic E-state index is 12.1. The lowest BCUT2D eigenvalue weighted by Crippen LogP contribution is -2.33. The molecule has 1 aromatic rings. The maximum atomic E-state index is 12.1. The summed E-state index contributed by atoms with van der Waals surface area (Å²) in [4.78, 5) is 0.186. The van der Waals surface area contributed by atoms with Gasteiger partial charge in [-0.15, -0.1) is 0 Å². The van der Waals surface area contributed by atoms with Gasteiger partial charge in [-0.05, 0) is 24.6 Å². The monoisotopic (exact) mass is 347 g/mol. The molecule has 1 fully saturated rings. The van der Waals surface area contributed by atoms with Crippen molar-refractivity contribution in [3.8, 4) is 0 Å². The van der Waals surface area contributed by atoms with Crippen molar-refractivity contribution in [2.24, 2.45) is 11.1 Å². The van der Waals surface area contributed by atoms with Gasteiger partial charge in [0.2, 0.25) is 0 Å². The first-order chi connectivity index (χ1) is 9.75. The molecular formula is C14H18ClNO3S2. The van der Waals surface area contributed by atoms with Crippen LogP contribution in [0.1, 0.15) is 18.4 Å². The van der Waals surface area contributed by atoms with E-state index < -0.39 is 20.5 Å². The number of hydrogen-bond donors (Lipinski definition) is 1. The van der Waals surface area contributed by atoms with Gasteiger partial charge in [-0.2, -0.15) is 0 Å². The zero-order valence-electron chi connectivity index (χ0n) is 11.9. The largest absolute Gasteiger partial charge is 0.393 e. The van der Waals surface area contributed by atoms with Crippen LogP contribution in [-0.4, -0.2) is 38.1 Å². The van der Waals surface area contributed by atoms with E-state index in [1.54, 1.807) is 12.1 Å². The molecule has 1 aliphatic rings. The van der Waals surface area contributed by atoms with Crippen LogP contribution < -0.4 is 5.73 Å². The Morgan fingerprint density at radius 3 is 2.43 bits per heavy atom. The molecule has 2 N–H and O–H groups in total. The topological polar surface area (TPSA) is 69.4 Å².